The van der Waals surface area contributed by atoms with E-state index in [-0.39, 0.29) is 23.3 Å². The van der Waals surface area contributed by atoms with Crippen LogP contribution < -0.4 is 0 Å². The number of aromatic nitrogens is 2. The highest BCUT2D eigenvalue weighted by Crippen LogP contribution is 2.48. The molecule has 2 aliphatic rings. The highest BCUT2D eigenvalue weighted by Gasteiger charge is 2.53. The van der Waals surface area contributed by atoms with E-state index < -0.39 is 0 Å². The second kappa shape index (κ2) is 6.23. The van der Waals surface area contributed by atoms with Gasteiger partial charge in [-0.3, -0.25) is 14.6 Å². The maximum absolute atomic E-state index is 12.6. The topological polar surface area (TPSA) is 79.5 Å². The van der Waals surface area contributed by atoms with Crippen LogP contribution in [0.2, 0.25) is 0 Å². The normalized spacial score (nSPS) is 22.2. The maximum atomic E-state index is 12.6. The van der Waals surface area contributed by atoms with E-state index in [0.717, 1.165) is 18.4 Å². The lowest BCUT2D eigenvalue weighted by Crippen LogP contribution is -2.55. The number of likely N-dealkylation sites (tertiary alicyclic amines) is 2. The molecule has 4 heterocycles. The molecule has 2 saturated heterocycles. The van der Waals surface area contributed by atoms with Gasteiger partial charge >= 0.3 is 0 Å². The monoisotopic (exact) mass is 354 g/mol. The van der Waals surface area contributed by atoms with Crippen molar-refractivity contribution in [3.63, 3.8) is 0 Å². The minimum Gasteiger partial charge on any atom is -0.361 e. The van der Waals surface area contributed by atoms with Gasteiger partial charge in [-0.1, -0.05) is 5.16 Å². The van der Waals surface area contributed by atoms with Gasteiger partial charge in [0.1, 0.15) is 5.76 Å². The number of nitrogens with zero attached hydrogens (tertiary/aromatic N) is 4. The number of piperidine rings is 1. The SMILES string of the molecule is Cc1cc(C(=O)N2CCC3(CC2)[C@@H](c2ccncc2)CC(=O)N3C)no1. The number of aryl methyl sites for hydroxylation is 1. The standard InChI is InChI=1S/C19H22N4O3/c1-13-11-16(21-26-13)18(25)23-9-5-19(6-10-23)15(12-17(24)22(19)2)14-3-7-20-8-4-14/h3-4,7-8,11,15H,5-6,9-10,12H2,1-2H3/t15-/m1/s1. The number of hydrogen-bond donors (Lipinski definition) is 0. The number of carbonyl (C=O) groups is 2. The van der Waals surface area contributed by atoms with E-state index in [1.807, 2.05) is 29.0 Å². The van der Waals surface area contributed by atoms with Crippen molar-refractivity contribution in [3.8, 4) is 0 Å². The molecule has 2 fully saturated rings. The van der Waals surface area contributed by atoms with Crippen molar-refractivity contribution in [2.75, 3.05) is 20.1 Å². The Labute approximate surface area is 152 Å². The van der Waals surface area contributed by atoms with Gasteiger partial charge in [0.25, 0.3) is 5.91 Å². The molecule has 0 bridgehead atoms. The van der Waals surface area contributed by atoms with Gasteiger partial charge in [0.05, 0.1) is 5.54 Å². The van der Waals surface area contributed by atoms with Gasteiger partial charge in [0.15, 0.2) is 5.69 Å². The Balaban J connectivity index is 1.55. The first-order valence-electron chi connectivity index (χ1n) is 8.90. The molecule has 0 aromatic carbocycles. The fraction of sp³-hybridized carbons (Fsp3) is 0.474. The highest BCUT2D eigenvalue weighted by molar-refractivity contribution is 5.92. The van der Waals surface area contributed by atoms with Crippen LogP contribution in [0.3, 0.4) is 0 Å². The van der Waals surface area contributed by atoms with Crippen molar-refractivity contribution < 1.29 is 14.1 Å². The summed E-state index contributed by atoms with van der Waals surface area (Å²) in [4.78, 5) is 32.9. The number of amides is 2. The van der Waals surface area contributed by atoms with Crippen molar-refractivity contribution in [2.45, 2.75) is 37.6 Å². The van der Waals surface area contributed by atoms with Crippen LogP contribution in [-0.4, -0.2) is 57.4 Å². The van der Waals surface area contributed by atoms with E-state index in [2.05, 4.69) is 10.1 Å². The molecule has 7 heteroatoms. The Morgan fingerprint density at radius 2 is 1.96 bits per heavy atom. The average Bonchev–Trinajstić information content (AvgIpc) is 3.20. The molecular weight excluding hydrogens is 332 g/mol. The summed E-state index contributed by atoms with van der Waals surface area (Å²) >= 11 is 0. The first-order valence-corrected chi connectivity index (χ1v) is 8.90. The molecule has 0 aliphatic carbocycles. The predicted octanol–water partition coefficient (Wildman–Crippen LogP) is 2.00. The summed E-state index contributed by atoms with van der Waals surface area (Å²) in [5.41, 5.74) is 1.25. The Bertz CT molecular complexity index is 824. The van der Waals surface area contributed by atoms with Gasteiger partial charge in [-0.25, -0.2) is 0 Å². The fourth-order valence-corrected chi connectivity index (χ4v) is 4.42. The lowest BCUT2D eigenvalue weighted by molar-refractivity contribution is -0.130. The van der Waals surface area contributed by atoms with Crippen LogP contribution >= 0.6 is 0 Å². The van der Waals surface area contributed by atoms with Gasteiger partial charge in [-0.05, 0) is 37.5 Å². The summed E-state index contributed by atoms with van der Waals surface area (Å²) in [6, 6.07) is 5.65. The Hall–Kier alpha value is -2.70. The van der Waals surface area contributed by atoms with Crippen LogP contribution in [0.1, 0.15) is 47.0 Å². The molecule has 26 heavy (non-hydrogen) atoms. The van der Waals surface area contributed by atoms with Crippen molar-refractivity contribution in [3.05, 3.63) is 47.6 Å². The second-order valence-corrected chi connectivity index (χ2v) is 7.21. The minimum atomic E-state index is -0.241. The molecule has 2 aliphatic heterocycles. The molecule has 7 nitrogen and oxygen atoms in total. The quantitative estimate of drug-likeness (QED) is 0.824. The zero-order valence-corrected chi connectivity index (χ0v) is 15.0. The fourth-order valence-electron chi connectivity index (χ4n) is 4.42. The number of rotatable bonds is 2. The number of hydrogen-bond acceptors (Lipinski definition) is 5. The Morgan fingerprint density at radius 3 is 2.58 bits per heavy atom. The smallest absolute Gasteiger partial charge is 0.276 e. The molecular formula is C19H22N4O3. The third-order valence-electron chi connectivity index (χ3n) is 5.94. The van der Waals surface area contributed by atoms with Crippen LogP contribution in [0, 0.1) is 6.92 Å². The molecule has 4 rings (SSSR count). The van der Waals surface area contributed by atoms with Crippen LogP contribution in [0.5, 0.6) is 0 Å². The molecule has 1 spiro atoms. The number of pyridine rings is 1. The van der Waals surface area contributed by atoms with E-state index >= 15 is 0 Å². The van der Waals surface area contributed by atoms with E-state index in [9.17, 15) is 9.59 Å². The Morgan fingerprint density at radius 1 is 1.27 bits per heavy atom. The molecule has 2 aromatic heterocycles. The number of carbonyl (C=O) groups excluding carboxylic acids is 2. The maximum Gasteiger partial charge on any atom is 0.276 e. The van der Waals surface area contributed by atoms with Crippen LogP contribution in [0.4, 0.5) is 0 Å². The molecule has 0 unspecified atom stereocenters. The van der Waals surface area contributed by atoms with E-state index in [1.165, 1.54) is 0 Å². The molecule has 2 aromatic rings. The van der Waals surface area contributed by atoms with Gasteiger partial charge in [-0.15, -0.1) is 0 Å². The van der Waals surface area contributed by atoms with Crippen molar-refractivity contribution in [1.29, 1.82) is 0 Å². The van der Waals surface area contributed by atoms with Crippen LogP contribution in [-0.2, 0) is 4.79 Å². The van der Waals surface area contributed by atoms with Gasteiger partial charge in [0, 0.05) is 50.9 Å². The van der Waals surface area contributed by atoms with Gasteiger partial charge in [-0.2, -0.15) is 0 Å². The van der Waals surface area contributed by atoms with Crippen molar-refractivity contribution in [2.24, 2.45) is 0 Å². The summed E-state index contributed by atoms with van der Waals surface area (Å²) in [6.45, 7) is 2.97. The molecule has 0 N–H and O–H groups in total. The lowest BCUT2D eigenvalue weighted by Gasteiger charge is -2.46. The molecule has 2 amide bonds. The average molecular weight is 354 g/mol. The minimum absolute atomic E-state index is 0.107. The third-order valence-corrected chi connectivity index (χ3v) is 5.94. The predicted molar refractivity (Wildman–Crippen MR) is 93.5 cm³/mol. The summed E-state index contributed by atoms with van der Waals surface area (Å²) in [7, 11) is 1.89. The summed E-state index contributed by atoms with van der Waals surface area (Å²) < 4.78 is 5.02. The zero-order chi connectivity index (χ0) is 18.3. The summed E-state index contributed by atoms with van der Waals surface area (Å²) in [5.74, 6) is 0.818. The first-order chi connectivity index (χ1) is 12.5. The van der Waals surface area contributed by atoms with E-state index in [1.54, 1.807) is 25.4 Å². The second-order valence-electron chi connectivity index (χ2n) is 7.21. The molecule has 1 atom stereocenters. The Kier molecular flexibility index (Phi) is 4.01. The van der Waals surface area contributed by atoms with Crippen molar-refractivity contribution >= 4 is 11.8 Å². The lowest BCUT2D eigenvalue weighted by atomic mass is 9.74. The van der Waals surface area contributed by atoms with Gasteiger partial charge in [0.2, 0.25) is 5.91 Å². The number of likely N-dealkylation sites (N-methyl/N-ethyl adjacent to an activating group) is 1. The van der Waals surface area contributed by atoms with E-state index in [4.69, 9.17) is 4.52 Å². The molecule has 136 valence electrons. The summed E-state index contributed by atoms with van der Waals surface area (Å²) in [6.07, 6.45) is 5.57. The zero-order valence-electron chi connectivity index (χ0n) is 15.0. The third kappa shape index (κ3) is 2.58. The van der Waals surface area contributed by atoms with Crippen molar-refractivity contribution in [1.82, 2.24) is 19.9 Å². The van der Waals surface area contributed by atoms with Crippen LogP contribution in [0.15, 0.2) is 35.1 Å². The van der Waals surface area contributed by atoms with E-state index in [0.29, 0.717) is 31.0 Å². The summed E-state index contributed by atoms with van der Waals surface area (Å²) in [5, 5.41) is 3.83. The largest absolute Gasteiger partial charge is 0.361 e. The van der Waals surface area contributed by atoms with Gasteiger partial charge < -0.3 is 14.3 Å². The first kappa shape index (κ1) is 16.8. The molecule has 0 saturated carbocycles. The highest BCUT2D eigenvalue weighted by atomic mass is 16.5. The van der Waals surface area contributed by atoms with Crippen LogP contribution in [0.25, 0.3) is 0 Å². The molecule has 0 radical (unpaired) electrons.